The lowest BCUT2D eigenvalue weighted by molar-refractivity contribution is -0.118. The van der Waals surface area contributed by atoms with Crippen LogP contribution in [0.2, 0.25) is 0 Å². The Hall–Kier alpha value is -1.92. The number of para-hydroxylation sites is 1. The van der Waals surface area contributed by atoms with Gasteiger partial charge in [-0.05, 0) is 56.7 Å². The summed E-state index contributed by atoms with van der Waals surface area (Å²) in [6.07, 6.45) is 6.04. The predicted octanol–water partition coefficient (Wildman–Crippen LogP) is 4.64. The van der Waals surface area contributed by atoms with Gasteiger partial charge in [-0.15, -0.1) is 11.3 Å². The minimum absolute atomic E-state index is 0.163. The molecule has 0 bridgehead atoms. The first-order valence-electron chi connectivity index (χ1n) is 9.46. The Morgan fingerprint density at radius 2 is 2.15 bits per heavy atom. The lowest BCUT2D eigenvalue weighted by Gasteiger charge is -2.25. The number of carbonyl (C=O) groups excluding carboxylic acids is 1. The minimum Gasteiger partial charge on any atom is -0.308 e. The van der Waals surface area contributed by atoms with E-state index in [-0.39, 0.29) is 17.2 Å². The summed E-state index contributed by atoms with van der Waals surface area (Å²) in [4.78, 5) is 26.8. The lowest BCUT2D eigenvalue weighted by Crippen LogP contribution is -2.40. The van der Waals surface area contributed by atoms with Crippen LogP contribution in [-0.2, 0) is 24.1 Å². The van der Waals surface area contributed by atoms with Crippen LogP contribution in [0.15, 0.2) is 35.6 Å². The fourth-order valence-corrected chi connectivity index (χ4v) is 6.59. The highest BCUT2D eigenvalue weighted by atomic mass is 32.2. The van der Waals surface area contributed by atoms with Gasteiger partial charge in [0.2, 0.25) is 5.91 Å². The molecule has 0 radical (unpaired) electrons. The number of nitrogens with zero attached hydrogens (tertiary/aromatic N) is 3. The SMILES string of the molecule is C[C@@H]1Cc2ccccc2N1C(=O)[C@@H](C)Sc1ncnc2sc3c(c12)CCC3. The van der Waals surface area contributed by atoms with Crippen LogP contribution in [0.5, 0.6) is 0 Å². The van der Waals surface area contributed by atoms with Crippen LogP contribution in [0.4, 0.5) is 5.69 Å². The third-order valence-electron chi connectivity index (χ3n) is 5.55. The van der Waals surface area contributed by atoms with Crippen molar-refractivity contribution in [2.75, 3.05) is 4.90 Å². The fourth-order valence-electron chi connectivity index (χ4n) is 4.30. The van der Waals surface area contributed by atoms with E-state index in [1.165, 1.54) is 27.8 Å². The molecule has 6 heteroatoms. The molecular weight excluding hydrogens is 374 g/mol. The summed E-state index contributed by atoms with van der Waals surface area (Å²) in [6, 6.07) is 8.44. The molecule has 3 aromatic rings. The van der Waals surface area contributed by atoms with Crippen molar-refractivity contribution in [2.24, 2.45) is 0 Å². The van der Waals surface area contributed by atoms with Crippen LogP contribution >= 0.6 is 23.1 Å². The molecule has 0 fully saturated rings. The van der Waals surface area contributed by atoms with E-state index in [2.05, 4.69) is 29.0 Å². The Morgan fingerprint density at radius 3 is 3.04 bits per heavy atom. The van der Waals surface area contributed by atoms with Gasteiger partial charge in [-0.25, -0.2) is 9.97 Å². The summed E-state index contributed by atoms with van der Waals surface area (Å²) in [5.41, 5.74) is 3.74. The number of carbonyl (C=O) groups is 1. The number of thiophene rings is 1. The number of anilines is 1. The zero-order valence-electron chi connectivity index (χ0n) is 15.4. The van der Waals surface area contributed by atoms with E-state index in [9.17, 15) is 4.79 Å². The van der Waals surface area contributed by atoms with Crippen LogP contribution < -0.4 is 4.90 Å². The summed E-state index contributed by atoms with van der Waals surface area (Å²) in [5, 5.41) is 1.96. The molecule has 1 aliphatic heterocycles. The topological polar surface area (TPSA) is 46.1 Å². The average Bonchev–Trinajstić information content (AvgIpc) is 3.32. The highest BCUT2D eigenvalue weighted by Gasteiger charge is 2.34. The summed E-state index contributed by atoms with van der Waals surface area (Å²) >= 11 is 3.37. The molecule has 3 heterocycles. The molecule has 5 rings (SSSR count). The number of thioether (sulfide) groups is 1. The van der Waals surface area contributed by atoms with Crippen molar-refractivity contribution >= 4 is 44.9 Å². The molecule has 0 N–H and O–H groups in total. The molecule has 138 valence electrons. The highest BCUT2D eigenvalue weighted by Crippen LogP contribution is 2.41. The number of fused-ring (bicyclic) bond motifs is 4. The molecule has 0 unspecified atom stereocenters. The Bertz CT molecular complexity index is 1050. The van der Waals surface area contributed by atoms with Gasteiger partial charge in [0, 0.05) is 22.0 Å². The van der Waals surface area contributed by atoms with Crippen molar-refractivity contribution in [1.29, 1.82) is 0 Å². The van der Waals surface area contributed by atoms with Gasteiger partial charge in [0.15, 0.2) is 0 Å². The maximum Gasteiger partial charge on any atom is 0.240 e. The van der Waals surface area contributed by atoms with E-state index in [0.717, 1.165) is 34.8 Å². The second-order valence-electron chi connectivity index (χ2n) is 7.37. The van der Waals surface area contributed by atoms with Gasteiger partial charge < -0.3 is 4.90 Å². The van der Waals surface area contributed by atoms with Gasteiger partial charge in [-0.1, -0.05) is 30.0 Å². The molecule has 0 saturated heterocycles. The molecule has 27 heavy (non-hydrogen) atoms. The number of rotatable bonds is 3. The molecule has 2 aromatic heterocycles. The molecule has 1 aliphatic carbocycles. The zero-order chi connectivity index (χ0) is 18.5. The number of hydrogen-bond acceptors (Lipinski definition) is 5. The molecule has 1 amide bonds. The van der Waals surface area contributed by atoms with E-state index < -0.39 is 0 Å². The smallest absolute Gasteiger partial charge is 0.240 e. The van der Waals surface area contributed by atoms with Crippen LogP contribution in [0.1, 0.15) is 36.3 Å². The van der Waals surface area contributed by atoms with Gasteiger partial charge in [-0.2, -0.15) is 0 Å². The zero-order valence-corrected chi connectivity index (χ0v) is 17.1. The Morgan fingerprint density at radius 1 is 1.30 bits per heavy atom. The molecule has 2 aliphatic rings. The lowest BCUT2D eigenvalue weighted by atomic mass is 10.1. The normalized spacial score (nSPS) is 19.3. The second kappa shape index (κ2) is 6.60. The standard InChI is InChI=1S/C21H21N3OS2/c1-12-10-14-6-3-4-8-16(14)24(12)21(25)13(2)26-19-18-15-7-5-9-17(15)27-20(18)23-11-22-19/h3-4,6,8,11-13H,5,7,9-10H2,1-2H3/t12-,13-/m1/s1. The van der Waals surface area contributed by atoms with E-state index in [0.29, 0.717) is 0 Å². The summed E-state index contributed by atoms with van der Waals surface area (Å²) in [7, 11) is 0. The third kappa shape index (κ3) is 2.77. The van der Waals surface area contributed by atoms with Crippen molar-refractivity contribution in [3.8, 4) is 0 Å². The monoisotopic (exact) mass is 395 g/mol. The third-order valence-corrected chi connectivity index (χ3v) is 7.84. The number of hydrogen-bond donors (Lipinski definition) is 0. The molecule has 2 atom stereocenters. The van der Waals surface area contributed by atoms with Crippen molar-refractivity contribution in [3.63, 3.8) is 0 Å². The molecule has 4 nitrogen and oxygen atoms in total. The van der Waals surface area contributed by atoms with Gasteiger partial charge in [0.1, 0.15) is 16.2 Å². The van der Waals surface area contributed by atoms with Crippen molar-refractivity contribution in [3.05, 3.63) is 46.6 Å². The van der Waals surface area contributed by atoms with Gasteiger partial charge >= 0.3 is 0 Å². The van der Waals surface area contributed by atoms with Crippen molar-refractivity contribution in [2.45, 2.75) is 55.8 Å². The summed E-state index contributed by atoms with van der Waals surface area (Å²) in [5.74, 6) is 0.163. The largest absolute Gasteiger partial charge is 0.308 e. The first kappa shape index (κ1) is 17.2. The summed E-state index contributed by atoms with van der Waals surface area (Å²) < 4.78 is 0. The Balaban J connectivity index is 1.45. The molecule has 0 spiro atoms. The van der Waals surface area contributed by atoms with Crippen LogP contribution in [0.3, 0.4) is 0 Å². The summed E-state index contributed by atoms with van der Waals surface area (Å²) in [6.45, 7) is 4.13. The van der Waals surface area contributed by atoms with Crippen molar-refractivity contribution < 1.29 is 4.79 Å². The quantitative estimate of drug-likeness (QED) is 0.479. The van der Waals surface area contributed by atoms with E-state index in [4.69, 9.17) is 0 Å². The first-order chi connectivity index (χ1) is 13.1. The Kier molecular flexibility index (Phi) is 4.20. The minimum atomic E-state index is -0.186. The van der Waals surface area contributed by atoms with E-state index in [1.54, 1.807) is 29.4 Å². The number of benzene rings is 1. The van der Waals surface area contributed by atoms with E-state index in [1.807, 2.05) is 24.0 Å². The molecule has 0 saturated carbocycles. The van der Waals surface area contributed by atoms with Crippen molar-refractivity contribution in [1.82, 2.24) is 9.97 Å². The Labute approximate surface area is 167 Å². The van der Waals surface area contributed by atoms with Crippen LogP contribution in [-0.4, -0.2) is 27.2 Å². The van der Waals surface area contributed by atoms with Gasteiger partial charge in [0.25, 0.3) is 0 Å². The predicted molar refractivity (Wildman–Crippen MR) is 112 cm³/mol. The maximum absolute atomic E-state index is 13.3. The van der Waals surface area contributed by atoms with E-state index >= 15 is 0 Å². The second-order valence-corrected chi connectivity index (χ2v) is 9.78. The van der Waals surface area contributed by atoms with Crippen LogP contribution in [0.25, 0.3) is 10.2 Å². The molecular formula is C21H21N3OS2. The highest BCUT2D eigenvalue weighted by molar-refractivity contribution is 8.00. The van der Waals surface area contributed by atoms with Gasteiger partial charge in [0.05, 0.1) is 5.25 Å². The average molecular weight is 396 g/mol. The number of amides is 1. The molecule has 1 aromatic carbocycles. The van der Waals surface area contributed by atoms with Gasteiger partial charge in [-0.3, -0.25) is 4.79 Å². The van der Waals surface area contributed by atoms with Crippen LogP contribution in [0, 0.1) is 0 Å². The number of aryl methyl sites for hydroxylation is 2. The first-order valence-corrected chi connectivity index (χ1v) is 11.2. The fraction of sp³-hybridized carbons (Fsp3) is 0.381. The number of aromatic nitrogens is 2. The maximum atomic E-state index is 13.3.